The first-order chi connectivity index (χ1) is 10.2. The molecule has 1 saturated heterocycles. The Morgan fingerprint density at radius 1 is 1.19 bits per heavy atom. The van der Waals surface area contributed by atoms with Gasteiger partial charge in [-0.05, 0) is 37.9 Å². The number of urea groups is 1. The van der Waals surface area contributed by atoms with Gasteiger partial charge in [0, 0.05) is 19.5 Å². The Kier molecular flexibility index (Phi) is 5.75. The fourth-order valence-electron chi connectivity index (χ4n) is 2.63. The molecule has 1 aliphatic heterocycles. The number of likely N-dealkylation sites (tertiary alicyclic amines) is 1. The number of benzene rings is 1. The number of carbonyl (C=O) groups excluding carboxylic acids is 2. The SMILES string of the molecule is CNC(=O)NC(=O)C1CCN(CCc2ccccc2)CC1. The van der Waals surface area contributed by atoms with E-state index in [2.05, 4.69) is 39.8 Å². The molecule has 0 unspecified atom stereocenters. The van der Waals surface area contributed by atoms with Gasteiger partial charge in [0.1, 0.15) is 0 Å². The molecule has 1 heterocycles. The van der Waals surface area contributed by atoms with Gasteiger partial charge in [0.2, 0.25) is 5.91 Å². The Hall–Kier alpha value is -1.88. The maximum Gasteiger partial charge on any atom is 0.321 e. The lowest BCUT2D eigenvalue weighted by Gasteiger charge is -2.31. The summed E-state index contributed by atoms with van der Waals surface area (Å²) in [6.45, 7) is 2.85. The summed E-state index contributed by atoms with van der Waals surface area (Å²) in [6.07, 6.45) is 2.67. The van der Waals surface area contributed by atoms with E-state index < -0.39 is 6.03 Å². The van der Waals surface area contributed by atoms with Crippen molar-refractivity contribution in [1.82, 2.24) is 15.5 Å². The molecule has 0 radical (unpaired) electrons. The van der Waals surface area contributed by atoms with E-state index in [1.54, 1.807) is 0 Å². The van der Waals surface area contributed by atoms with E-state index in [0.29, 0.717) is 0 Å². The summed E-state index contributed by atoms with van der Waals surface area (Å²) in [7, 11) is 1.51. The highest BCUT2D eigenvalue weighted by Gasteiger charge is 2.25. The molecular weight excluding hydrogens is 266 g/mol. The number of rotatable bonds is 4. The minimum Gasteiger partial charge on any atom is -0.341 e. The average Bonchev–Trinajstić information content (AvgIpc) is 2.54. The first kappa shape index (κ1) is 15.5. The summed E-state index contributed by atoms with van der Waals surface area (Å²) < 4.78 is 0. The molecule has 5 heteroatoms. The van der Waals surface area contributed by atoms with E-state index in [4.69, 9.17) is 0 Å². The van der Waals surface area contributed by atoms with E-state index >= 15 is 0 Å². The minimum atomic E-state index is -0.425. The van der Waals surface area contributed by atoms with Gasteiger partial charge < -0.3 is 10.2 Å². The van der Waals surface area contributed by atoms with Crippen LogP contribution < -0.4 is 10.6 Å². The molecule has 5 nitrogen and oxygen atoms in total. The quantitative estimate of drug-likeness (QED) is 0.880. The second-order valence-corrected chi connectivity index (χ2v) is 5.42. The number of carbonyl (C=O) groups is 2. The number of nitrogens with zero attached hydrogens (tertiary/aromatic N) is 1. The van der Waals surface area contributed by atoms with Crippen molar-refractivity contribution in [3.05, 3.63) is 35.9 Å². The maximum atomic E-state index is 11.9. The number of piperidine rings is 1. The van der Waals surface area contributed by atoms with E-state index in [1.165, 1.54) is 12.6 Å². The van der Waals surface area contributed by atoms with Crippen molar-refractivity contribution < 1.29 is 9.59 Å². The van der Waals surface area contributed by atoms with Crippen LogP contribution in [-0.2, 0) is 11.2 Å². The molecule has 0 aromatic heterocycles. The molecule has 0 aliphatic carbocycles. The largest absolute Gasteiger partial charge is 0.341 e. The number of amides is 3. The molecular formula is C16H23N3O2. The third-order valence-corrected chi connectivity index (χ3v) is 3.98. The van der Waals surface area contributed by atoms with Gasteiger partial charge in [-0.2, -0.15) is 0 Å². The van der Waals surface area contributed by atoms with Crippen LogP contribution in [0.15, 0.2) is 30.3 Å². The molecule has 1 aliphatic rings. The summed E-state index contributed by atoms with van der Waals surface area (Å²) >= 11 is 0. The summed E-state index contributed by atoms with van der Waals surface area (Å²) in [6, 6.07) is 10.0. The van der Waals surface area contributed by atoms with Gasteiger partial charge in [0.15, 0.2) is 0 Å². The Balaban J connectivity index is 1.71. The van der Waals surface area contributed by atoms with Crippen molar-refractivity contribution in [1.29, 1.82) is 0 Å². The van der Waals surface area contributed by atoms with Gasteiger partial charge in [-0.15, -0.1) is 0 Å². The van der Waals surface area contributed by atoms with Crippen LogP contribution in [0.3, 0.4) is 0 Å². The number of hydrogen-bond donors (Lipinski definition) is 2. The zero-order valence-electron chi connectivity index (χ0n) is 12.5. The Labute approximate surface area is 125 Å². The highest BCUT2D eigenvalue weighted by molar-refractivity contribution is 5.95. The highest BCUT2D eigenvalue weighted by Crippen LogP contribution is 2.17. The van der Waals surface area contributed by atoms with E-state index in [-0.39, 0.29) is 11.8 Å². The predicted octanol–water partition coefficient (Wildman–Crippen LogP) is 1.40. The van der Waals surface area contributed by atoms with Gasteiger partial charge in [-0.3, -0.25) is 10.1 Å². The third-order valence-electron chi connectivity index (χ3n) is 3.98. The molecule has 1 aromatic rings. The standard InChI is InChI=1S/C16H23N3O2/c1-17-16(21)18-15(20)14-8-11-19(12-9-14)10-7-13-5-3-2-4-6-13/h2-6,14H,7-12H2,1H3,(H2,17,18,20,21). The molecule has 1 aromatic carbocycles. The molecule has 2 N–H and O–H groups in total. The van der Waals surface area contributed by atoms with Gasteiger partial charge >= 0.3 is 6.03 Å². The number of imide groups is 1. The van der Waals surface area contributed by atoms with Crippen LogP contribution in [0, 0.1) is 5.92 Å². The van der Waals surface area contributed by atoms with Crippen LogP contribution >= 0.6 is 0 Å². The van der Waals surface area contributed by atoms with Crippen LogP contribution in [0.4, 0.5) is 4.79 Å². The van der Waals surface area contributed by atoms with Crippen molar-refractivity contribution in [2.45, 2.75) is 19.3 Å². The maximum absolute atomic E-state index is 11.9. The van der Waals surface area contributed by atoms with Gasteiger partial charge in [-0.1, -0.05) is 30.3 Å². The molecule has 0 spiro atoms. The lowest BCUT2D eigenvalue weighted by Crippen LogP contribution is -2.45. The molecule has 1 fully saturated rings. The van der Waals surface area contributed by atoms with Crippen LogP contribution in [0.5, 0.6) is 0 Å². The molecule has 0 bridgehead atoms. The second-order valence-electron chi connectivity index (χ2n) is 5.42. The molecule has 2 rings (SSSR count). The number of nitrogens with one attached hydrogen (secondary N) is 2. The van der Waals surface area contributed by atoms with E-state index in [1.807, 2.05) is 6.07 Å². The van der Waals surface area contributed by atoms with Crippen LogP contribution in [0.2, 0.25) is 0 Å². The monoisotopic (exact) mass is 289 g/mol. The smallest absolute Gasteiger partial charge is 0.321 e. The first-order valence-electron chi connectivity index (χ1n) is 7.48. The van der Waals surface area contributed by atoms with Crippen molar-refractivity contribution >= 4 is 11.9 Å². The molecule has 0 saturated carbocycles. The molecule has 21 heavy (non-hydrogen) atoms. The highest BCUT2D eigenvalue weighted by atomic mass is 16.2. The first-order valence-corrected chi connectivity index (χ1v) is 7.48. The second kappa shape index (κ2) is 7.78. The van der Waals surface area contributed by atoms with E-state index in [0.717, 1.165) is 38.9 Å². The normalized spacial score (nSPS) is 16.4. The lowest BCUT2D eigenvalue weighted by atomic mass is 9.95. The fourth-order valence-corrected chi connectivity index (χ4v) is 2.63. The van der Waals surface area contributed by atoms with Gasteiger partial charge in [0.05, 0.1) is 0 Å². The zero-order valence-corrected chi connectivity index (χ0v) is 12.5. The third kappa shape index (κ3) is 4.86. The van der Waals surface area contributed by atoms with Crippen LogP contribution in [0.1, 0.15) is 18.4 Å². The Morgan fingerprint density at radius 3 is 2.48 bits per heavy atom. The van der Waals surface area contributed by atoms with Crippen molar-refractivity contribution in [3.63, 3.8) is 0 Å². The topological polar surface area (TPSA) is 61.4 Å². The number of hydrogen-bond acceptors (Lipinski definition) is 3. The van der Waals surface area contributed by atoms with Crippen LogP contribution in [0.25, 0.3) is 0 Å². The molecule has 3 amide bonds. The molecule has 114 valence electrons. The van der Waals surface area contributed by atoms with Crippen molar-refractivity contribution in [2.75, 3.05) is 26.7 Å². The average molecular weight is 289 g/mol. The summed E-state index contributed by atoms with van der Waals surface area (Å²) in [5, 5.41) is 4.77. The Morgan fingerprint density at radius 2 is 1.86 bits per heavy atom. The fraction of sp³-hybridized carbons (Fsp3) is 0.500. The summed E-state index contributed by atoms with van der Waals surface area (Å²) in [5.41, 5.74) is 1.34. The minimum absolute atomic E-state index is 0.0460. The van der Waals surface area contributed by atoms with Gasteiger partial charge in [-0.25, -0.2) is 4.79 Å². The van der Waals surface area contributed by atoms with E-state index in [9.17, 15) is 9.59 Å². The lowest BCUT2D eigenvalue weighted by molar-refractivity contribution is -0.125. The Bertz CT molecular complexity index is 468. The van der Waals surface area contributed by atoms with Gasteiger partial charge in [0.25, 0.3) is 0 Å². The zero-order chi connectivity index (χ0) is 15.1. The molecule has 0 atom stereocenters. The summed E-state index contributed by atoms with van der Waals surface area (Å²) in [5.74, 6) is -0.202. The van der Waals surface area contributed by atoms with Crippen LogP contribution in [-0.4, -0.2) is 43.5 Å². The predicted molar refractivity (Wildman–Crippen MR) is 81.9 cm³/mol. The summed E-state index contributed by atoms with van der Waals surface area (Å²) in [4.78, 5) is 25.4. The van der Waals surface area contributed by atoms with Crippen molar-refractivity contribution in [3.8, 4) is 0 Å². The van der Waals surface area contributed by atoms with Crippen molar-refractivity contribution in [2.24, 2.45) is 5.92 Å².